The Morgan fingerprint density at radius 3 is 2.19 bits per heavy atom. The standard InChI is InChI=1S/C20H14ClFN2OS/c21-15-6-4-14(5-7-15)19(25)18(24-12-2-1-3-13-24)20(26)23-17-10-8-16(22)9-11-17/h1-13H,(H-,23,25,26). The molecule has 3 rings (SSSR count). The lowest BCUT2D eigenvalue weighted by Crippen LogP contribution is -2.39. The number of thiocarbonyl (C=S) groups is 1. The lowest BCUT2D eigenvalue weighted by Gasteiger charge is -2.17. The predicted molar refractivity (Wildman–Crippen MR) is 104 cm³/mol. The van der Waals surface area contributed by atoms with E-state index in [-0.39, 0.29) is 22.3 Å². The van der Waals surface area contributed by atoms with Crippen molar-refractivity contribution in [3.05, 3.63) is 95.5 Å². The maximum absolute atomic E-state index is 13.1. The second-order valence-electron chi connectivity index (χ2n) is 5.43. The van der Waals surface area contributed by atoms with Crippen molar-refractivity contribution >= 4 is 46.0 Å². The van der Waals surface area contributed by atoms with Crippen LogP contribution in [-0.2, 0) is 0 Å². The molecular weight excluding hydrogens is 371 g/mol. The highest BCUT2D eigenvalue weighted by Gasteiger charge is 2.18. The zero-order chi connectivity index (χ0) is 18.5. The van der Waals surface area contributed by atoms with Gasteiger partial charge in [-0.05, 0) is 47.7 Å². The van der Waals surface area contributed by atoms with Gasteiger partial charge in [0.2, 0.25) is 5.70 Å². The summed E-state index contributed by atoms with van der Waals surface area (Å²) in [4.78, 5) is 0.229. The van der Waals surface area contributed by atoms with Crippen LogP contribution in [0.5, 0.6) is 0 Å². The Labute approximate surface area is 161 Å². The third-order valence-corrected chi connectivity index (χ3v) is 4.16. The molecule has 0 aliphatic rings. The summed E-state index contributed by atoms with van der Waals surface area (Å²) in [6, 6.07) is 17.8. The molecule has 0 spiro atoms. The minimum atomic E-state index is -0.347. The highest BCUT2D eigenvalue weighted by atomic mass is 35.5. The van der Waals surface area contributed by atoms with Crippen LogP contribution in [0.25, 0.3) is 11.5 Å². The number of hydrogen-bond donors (Lipinski definition) is 1. The number of aromatic nitrogens is 1. The molecule has 0 radical (unpaired) electrons. The monoisotopic (exact) mass is 384 g/mol. The minimum Gasteiger partial charge on any atom is -0.867 e. The van der Waals surface area contributed by atoms with Crippen molar-refractivity contribution in [1.29, 1.82) is 0 Å². The highest BCUT2D eigenvalue weighted by Crippen LogP contribution is 2.19. The summed E-state index contributed by atoms with van der Waals surface area (Å²) in [5, 5.41) is 16.6. The fourth-order valence-electron chi connectivity index (χ4n) is 2.35. The second-order valence-corrected chi connectivity index (χ2v) is 6.27. The lowest BCUT2D eigenvalue weighted by atomic mass is 10.1. The molecule has 0 saturated carbocycles. The Hall–Kier alpha value is -2.76. The normalized spacial score (nSPS) is 11.6. The van der Waals surface area contributed by atoms with Gasteiger partial charge in [-0.1, -0.05) is 42.0 Å². The molecule has 3 aromatic rings. The number of rotatable bonds is 4. The third kappa shape index (κ3) is 4.25. The molecule has 0 amide bonds. The van der Waals surface area contributed by atoms with Gasteiger partial charge in [-0.3, -0.25) is 0 Å². The van der Waals surface area contributed by atoms with Crippen molar-refractivity contribution in [1.82, 2.24) is 0 Å². The van der Waals surface area contributed by atoms with Gasteiger partial charge in [0.25, 0.3) is 0 Å². The number of halogens is 2. The summed E-state index contributed by atoms with van der Waals surface area (Å²) in [5.74, 6) is -0.599. The van der Waals surface area contributed by atoms with E-state index in [4.69, 9.17) is 23.8 Å². The Balaban J connectivity index is 2.03. The molecule has 0 fully saturated rings. The van der Waals surface area contributed by atoms with Crippen LogP contribution >= 0.6 is 23.8 Å². The maximum Gasteiger partial charge on any atom is 0.238 e. The third-order valence-electron chi connectivity index (χ3n) is 3.61. The average Bonchev–Trinajstić information content (AvgIpc) is 2.65. The molecule has 0 aliphatic carbocycles. The predicted octanol–water partition coefficient (Wildman–Crippen LogP) is 3.89. The van der Waals surface area contributed by atoms with Gasteiger partial charge in [-0.2, -0.15) is 4.57 Å². The van der Waals surface area contributed by atoms with Crippen molar-refractivity contribution in [2.45, 2.75) is 0 Å². The summed E-state index contributed by atoms with van der Waals surface area (Å²) in [7, 11) is 0. The van der Waals surface area contributed by atoms with Crippen LogP contribution in [-0.4, -0.2) is 4.99 Å². The number of nitrogens with one attached hydrogen (secondary N) is 1. The summed E-state index contributed by atoms with van der Waals surface area (Å²) in [6.45, 7) is 0. The second kappa shape index (κ2) is 8.08. The van der Waals surface area contributed by atoms with E-state index in [1.54, 1.807) is 65.5 Å². The van der Waals surface area contributed by atoms with Crippen molar-refractivity contribution in [2.24, 2.45) is 0 Å². The molecule has 0 unspecified atom stereocenters. The van der Waals surface area contributed by atoms with E-state index in [9.17, 15) is 9.50 Å². The first-order chi connectivity index (χ1) is 12.5. The molecule has 1 heterocycles. The van der Waals surface area contributed by atoms with Gasteiger partial charge in [0.15, 0.2) is 17.4 Å². The summed E-state index contributed by atoms with van der Waals surface area (Å²) in [5.41, 5.74) is 1.34. The van der Waals surface area contributed by atoms with Gasteiger partial charge in [0.1, 0.15) is 5.82 Å². The molecule has 26 heavy (non-hydrogen) atoms. The van der Waals surface area contributed by atoms with E-state index >= 15 is 0 Å². The van der Waals surface area contributed by atoms with Crippen LogP contribution in [0, 0.1) is 5.82 Å². The molecule has 2 aromatic carbocycles. The zero-order valence-electron chi connectivity index (χ0n) is 13.5. The molecule has 1 N–H and O–H groups in total. The molecule has 0 bridgehead atoms. The zero-order valence-corrected chi connectivity index (χ0v) is 15.1. The van der Waals surface area contributed by atoms with Gasteiger partial charge in [-0.15, -0.1) is 0 Å². The number of anilines is 1. The van der Waals surface area contributed by atoms with Crippen molar-refractivity contribution < 1.29 is 14.1 Å². The van der Waals surface area contributed by atoms with Gasteiger partial charge >= 0.3 is 0 Å². The van der Waals surface area contributed by atoms with Crippen molar-refractivity contribution in [2.75, 3.05) is 5.32 Å². The topological polar surface area (TPSA) is 39.0 Å². The Morgan fingerprint density at radius 1 is 0.962 bits per heavy atom. The molecule has 3 nitrogen and oxygen atoms in total. The fraction of sp³-hybridized carbons (Fsp3) is 0. The molecule has 6 heteroatoms. The van der Waals surface area contributed by atoms with E-state index in [0.29, 0.717) is 16.3 Å². The smallest absolute Gasteiger partial charge is 0.238 e. The molecule has 1 aromatic heterocycles. The van der Waals surface area contributed by atoms with E-state index in [1.165, 1.54) is 12.1 Å². The van der Waals surface area contributed by atoms with Crippen LogP contribution in [0.1, 0.15) is 5.56 Å². The first kappa shape index (κ1) is 18.0. The maximum atomic E-state index is 13.1. The molecule has 0 aliphatic heterocycles. The fourth-order valence-corrected chi connectivity index (χ4v) is 2.79. The van der Waals surface area contributed by atoms with E-state index in [2.05, 4.69) is 5.32 Å². The van der Waals surface area contributed by atoms with E-state index in [0.717, 1.165) is 0 Å². The number of hydrogen-bond acceptors (Lipinski definition) is 2. The largest absolute Gasteiger partial charge is 0.867 e. The van der Waals surface area contributed by atoms with Gasteiger partial charge in [0.05, 0.1) is 0 Å². The Bertz CT molecular complexity index is 942. The molecule has 0 saturated heterocycles. The minimum absolute atomic E-state index is 0.229. The SMILES string of the molecule is [O-]C(=C(C(=S)Nc1ccc(F)cc1)[n+]1ccccc1)c1ccc(Cl)cc1. The van der Waals surface area contributed by atoms with Crippen LogP contribution in [0.3, 0.4) is 0 Å². The van der Waals surface area contributed by atoms with Crippen LogP contribution in [0.2, 0.25) is 5.02 Å². The summed E-state index contributed by atoms with van der Waals surface area (Å²) in [6.07, 6.45) is 3.48. The van der Waals surface area contributed by atoms with Crippen molar-refractivity contribution in [3.8, 4) is 0 Å². The van der Waals surface area contributed by atoms with Gasteiger partial charge < -0.3 is 10.4 Å². The number of benzene rings is 2. The van der Waals surface area contributed by atoms with E-state index < -0.39 is 0 Å². The average molecular weight is 385 g/mol. The van der Waals surface area contributed by atoms with Gasteiger partial charge in [0, 0.05) is 22.8 Å². The van der Waals surface area contributed by atoms with Crippen LogP contribution in [0.15, 0.2) is 79.1 Å². The number of pyridine rings is 1. The first-order valence-electron chi connectivity index (χ1n) is 7.75. The molecular formula is C20H14ClFN2OS. The Kier molecular flexibility index (Phi) is 5.61. The highest BCUT2D eigenvalue weighted by molar-refractivity contribution is 7.81. The summed E-state index contributed by atoms with van der Waals surface area (Å²) < 4.78 is 14.7. The van der Waals surface area contributed by atoms with Crippen LogP contribution in [0.4, 0.5) is 10.1 Å². The molecule has 0 atom stereocenters. The lowest BCUT2D eigenvalue weighted by molar-refractivity contribution is -0.577. The number of nitrogens with zero attached hydrogens (tertiary/aromatic N) is 1. The first-order valence-corrected chi connectivity index (χ1v) is 8.54. The van der Waals surface area contributed by atoms with Gasteiger partial charge in [-0.25, -0.2) is 4.39 Å². The van der Waals surface area contributed by atoms with Crippen molar-refractivity contribution in [3.63, 3.8) is 0 Å². The molecule has 130 valence electrons. The van der Waals surface area contributed by atoms with E-state index in [1.807, 2.05) is 6.07 Å². The van der Waals surface area contributed by atoms with Crippen LogP contribution < -0.4 is 15.0 Å². The Morgan fingerprint density at radius 2 is 1.58 bits per heavy atom. The summed E-state index contributed by atoms with van der Waals surface area (Å²) >= 11 is 11.4. The quantitative estimate of drug-likeness (QED) is 0.321.